The maximum atomic E-state index is 12.2. The Labute approximate surface area is 162 Å². The van der Waals surface area contributed by atoms with Crippen molar-refractivity contribution in [1.29, 1.82) is 0 Å². The molecule has 1 atom stereocenters. The van der Waals surface area contributed by atoms with Gasteiger partial charge in [0, 0.05) is 5.39 Å². The van der Waals surface area contributed by atoms with Crippen LogP contribution in [-0.2, 0) is 16.0 Å². The van der Waals surface area contributed by atoms with Gasteiger partial charge >= 0.3 is 11.6 Å². The standard InChI is InChI=1S/C22H21NO5/c1-3-15-8-10-16(11-9-15)14(2)23-20(24)13-27-21(25)18-12-17-6-4-5-7-19(17)28-22(18)26/h4-12,14H,3,13H2,1-2H3,(H,23,24)/t14-/m1/s1. The van der Waals surface area contributed by atoms with Crippen LogP contribution in [0.4, 0.5) is 0 Å². The SMILES string of the molecule is CCc1ccc([C@@H](C)NC(=O)COC(=O)c2cc3ccccc3oc2=O)cc1. The molecule has 1 N–H and O–H groups in total. The largest absolute Gasteiger partial charge is 0.452 e. The van der Waals surface area contributed by atoms with Crippen molar-refractivity contribution in [2.24, 2.45) is 0 Å². The zero-order chi connectivity index (χ0) is 20.1. The summed E-state index contributed by atoms with van der Waals surface area (Å²) in [4.78, 5) is 36.2. The molecule has 144 valence electrons. The number of esters is 1. The number of benzene rings is 2. The van der Waals surface area contributed by atoms with Gasteiger partial charge in [0.2, 0.25) is 0 Å². The number of aryl methyl sites for hydroxylation is 1. The summed E-state index contributed by atoms with van der Waals surface area (Å²) in [6, 6.07) is 15.9. The van der Waals surface area contributed by atoms with Crippen molar-refractivity contribution < 1.29 is 18.7 Å². The molecule has 0 aliphatic carbocycles. The van der Waals surface area contributed by atoms with E-state index in [9.17, 15) is 14.4 Å². The molecule has 0 radical (unpaired) electrons. The van der Waals surface area contributed by atoms with Gasteiger partial charge in [-0.05, 0) is 36.6 Å². The molecule has 0 saturated heterocycles. The van der Waals surface area contributed by atoms with Gasteiger partial charge in [-0.25, -0.2) is 9.59 Å². The fraction of sp³-hybridized carbons (Fsp3) is 0.227. The predicted molar refractivity (Wildman–Crippen MR) is 105 cm³/mol. The second kappa shape index (κ2) is 8.52. The molecule has 0 fully saturated rings. The molecule has 3 rings (SSSR count). The molecule has 0 spiro atoms. The van der Waals surface area contributed by atoms with Crippen LogP contribution < -0.4 is 10.9 Å². The van der Waals surface area contributed by atoms with Crippen LogP contribution in [0.5, 0.6) is 0 Å². The lowest BCUT2D eigenvalue weighted by Gasteiger charge is -2.15. The first-order valence-corrected chi connectivity index (χ1v) is 9.06. The number of ether oxygens (including phenoxy) is 1. The monoisotopic (exact) mass is 379 g/mol. The van der Waals surface area contributed by atoms with Gasteiger partial charge in [-0.1, -0.05) is 49.4 Å². The summed E-state index contributed by atoms with van der Waals surface area (Å²) in [5, 5.41) is 3.37. The number of rotatable bonds is 6. The van der Waals surface area contributed by atoms with E-state index < -0.39 is 24.1 Å². The van der Waals surface area contributed by atoms with Crippen LogP contribution in [0.25, 0.3) is 11.0 Å². The lowest BCUT2D eigenvalue weighted by Crippen LogP contribution is -2.31. The topological polar surface area (TPSA) is 85.6 Å². The Morgan fingerprint density at radius 2 is 1.82 bits per heavy atom. The Morgan fingerprint density at radius 1 is 1.11 bits per heavy atom. The third-order valence-corrected chi connectivity index (χ3v) is 4.46. The second-order valence-corrected chi connectivity index (χ2v) is 6.45. The summed E-state index contributed by atoms with van der Waals surface area (Å²) in [7, 11) is 0. The molecule has 1 aromatic heterocycles. The van der Waals surface area contributed by atoms with Crippen LogP contribution in [0.15, 0.2) is 63.8 Å². The Morgan fingerprint density at radius 3 is 2.54 bits per heavy atom. The number of hydrogen-bond acceptors (Lipinski definition) is 5. The van der Waals surface area contributed by atoms with Crippen LogP contribution in [0.2, 0.25) is 0 Å². The van der Waals surface area contributed by atoms with Gasteiger partial charge in [0.1, 0.15) is 11.1 Å². The first-order chi connectivity index (χ1) is 13.5. The highest BCUT2D eigenvalue weighted by molar-refractivity contribution is 5.94. The second-order valence-electron chi connectivity index (χ2n) is 6.45. The highest BCUT2D eigenvalue weighted by Gasteiger charge is 2.17. The first-order valence-electron chi connectivity index (χ1n) is 9.06. The summed E-state index contributed by atoms with van der Waals surface area (Å²) in [6.07, 6.45) is 0.944. The minimum Gasteiger partial charge on any atom is -0.452 e. The molecule has 1 amide bonds. The zero-order valence-electron chi connectivity index (χ0n) is 15.7. The summed E-state index contributed by atoms with van der Waals surface area (Å²) in [5.41, 5.74) is 1.50. The van der Waals surface area contributed by atoms with E-state index in [1.54, 1.807) is 24.3 Å². The van der Waals surface area contributed by atoms with Crippen LogP contribution in [0.3, 0.4) is 0 Å². The minimum absolute atomic E-state index is 0.233. The van der Waals surface area contributed by atoms with E-state index >= 15 is 0 Å². The number of fused-ring (bicyclic) bond motifs is 1. The average molecular weight is 379 g/mol. The Bertz CT molecular complexity index is 1050. The molecule has 6 heteroatoms. The van der Waals surface area contributed by atoms with Gasteiger partial charge in [0.15, 0.2) is 6.61 Å². The van der Waals surface area contributed by atoms with Crippen LogP contribution in [0, 0.1) is 0 Å². The molecular formula is C22H21NO5. The number of nitrogens with one attached hydrogen (secondary N) is 1. The van der Waals surface area contributed by atoms with Crippen molar-refractivity contribution in [3.05, 3.63) is 81.7 Å². The van der Waals surface area contributed by atoms with Crippen LogP contribution in [-0.4, -0.2) is 18.5 Å². The maximum absolute atomic E-state index is 12.2. The van der Waals surface area contributed by atoms with Gasteiger partial charge in [0.25, 0.3) is 5.91 Å². The number of amides is 1. The molecule has 1 heterocycles. The fourth-order valence-corrected chi connectivity index (χ4v) is 2.82. The molecule has 28 heavy (non-hydrogen) atoms. The maximum Gasteiger partial charge on any atom is 0.351 e. The lowest BCUT2D eigenvalue weighted by atomic mass is 10.1. The molecule has 0 bridgehead atoms. The summed E-state index contributed by atoms with van der Waals surface area (Å²) in [6.45, 7) is 3.44. The molecule has 0 saturated carbocycles. The van der Waals surface area contributed by atoms with Gasteiger partial charge in [-0.2, -0.15) is 0 Å². The number of para-hydroxylation sites is 1. The smallest absolute Gasteiger partial charge is 0.351 e. The van der Waals surface area contributed by atoms with Crippen molar-refractivity contribution >= 4 is 22.8 Å². The third-order valence-electron chi connectivity index (χ3n) is 4.46. The van der Waals surface area contributed by atoms with E-state index in [0.29, 0.717) is 11.0 Å². The van der Waals surface area contributed by atoms with Crippen molar-refractivity contribution in [1.82, 2.24) is 5.32 Å². The Kier molecular flexibility index (Phi) is 5.89. The van der Waals surface area contributed by atoms with Gasteiger partial charge in [0.05, 0.1) is 6.04 Å². The van der Waals surface area contributed by atoms with E-state index in [1.165, 1.54) is 11.6 Å². The number of carbonyl (C=O) groups excluding carboxylic acids is 2. The highest BCUT2D eigenvalue weighted by Crippen LogP contribution is 2.14. The summed E-state index contributed by atoms with van der Waals surface area (Å²) >= 11 is 0. The quantitative estimate of drug-likeness (QED) is 0.524. The van der Waals surface area contributed by atoms with E-state index in [2.05, 4.69) is 12.2 Å². The van der Waals surface area contributed by atoms with E-state index in [0.717, 1.165) is 12.0 Å². The highest BCUT2D eigenvalue weighted by atomic mass is 16.5. The molecule has 2 aromatic carbocycles. The molecule has 3 aromatic rings. The fourth-order valence-electron chi connectivity index (χ4n) is 2.82. The van der Waals surface area contributed by atoms with Crippen molar-refractivity contribution in [3.8, 4) is 0 Å². The Balaban J connectivity index is 1.60. The summed E-state index contributed by atoms with van der Waals surface area (Å²) in [5.74, 6) is -1.35. The van der Waals surface area contributed by atoms with Gasteiger partial charge in [-0.3, -0.25) is 4.79 Å². The Hall–Kier alpha value is -3.41. The number of carbonyl (C=O) groups is 2. The van der Waals surface area contributed by atoms with Crippen molar-refractivity contribution in [2.45, 2.75) is 26.3 Å². The van der Waals surface area contributed by atoms with E-state index in [4.69, 9.17) is 9.15 Å². The van der Waals surface area contributed by atoms with E-state index in [1.807, 2.05) is 31.2 Å². The van der Waals surface area contributed by atoms with Crippen LogP contribution in [0.1, 0.15) is 41.4 Å². The van der Waals surface area contributed by atoms with Crippen molar-refractivity contribution in [3.63, 3.8) is 0 Å². The predicted octanol–water partition coefficient (Wildman–Crippen LogP) is 3.39. The van der Waals surface area contributed by atoms with Gasteiger partial charge in [-0.15, -0.1) is 0 Å². The third kappa shape index (κ3) is 4.46. The number of hydrogen-bond donors (Lipinski definition) is 1. The van der Waals surface area contributed by atoms with Crippen molar-refractivity contribution in [2.75, 3.05) is 6.61 Å². The van der Waals surface area contributed by atoms with E-state index in [-0.39, 0.29) is 11.6 Å². The van der Waals surface area contributed by atoms with Gasteiger partial charge < -0.3 is 14.5 Å². The summed E-state index contributed by atoms with van der Waals surface area (Å²) < 4.78 is 10.1. The minimum atomic E-state index is -0.894. The lowest BCUT2D eigenvalue weighted by molar-refractivity contribution is -0.124. The normalized spacial score (nSPS) is 11.8. The molecule has 0 aliphatic rings. The molecular weight excluding hydrogens is 358 g/mol. The first kappa shape index (κ1) is 19.4. The molecule has 0 unspecified atom stereocenters. The average Bonchev–Trinajstić information content (AvgIpc) is 2.71. The molecule has 6 nitrogen and oxygen atoms in total. The molecule has 0 aliphatic heterocycles. The van der Waals surface area contributed by atoms with Crippen LogP contribution >= 0.6 is 0 Å². The zero-order valence-corrected chi connectivity index (χ0v) is 15.7.